The van der Waals surface area contributed by atoms with Crippen LogP contribution in [0.5, 0.6) is 0 Å². The van der Waals surface area contributed by atoms with E-state index >= 15 is 0 Å². The summed E-state index contributed by atoms with van der Waals surface area (Å²) < 4.78 is 1.77. The lowest BCUT2D eigenvalue weighted by Gasteiger charge is -2.09. The fraction of sp³-hybridized carbons (Fsp3) is 0.385. The van der Waals surface area contributed by atoms with Gasteiger partial charge in [0.25, 0.3) is 0 Å². The Hall–Kier alpha value is -1.84. The van der Waals surface area contributed by atoms with Crippen molar-refractivity contribution in [2.24, 2.45) is 5.92 Å². The van der Waals surface area contributed by atoms with Crippen molar-refractivity contribution in [3.63, 3.8) is 0 Å². The van der Waals surface area contributed by atoms with E-state index in [9.17, 15) is 4.79 Å². The van der Waals surface area contributed by atoms with E-state index in [0.29, 0.717) is 12.3 Å². The molecule has 1 unspecified atom stereocenters. The number of hydrogen-bond donors (Lipinski definition) is 1. The molecule has 0 saturated carbocycles. The molecule has 4 nitrogen and oxygen atoms in total. The van der Waals surface area contributed by atoms with Gasteiger partial charge >= 0.3 is 0 Å². The standard InChI is InChI=1S/C13H17N3O/c1-3-10(2)8-13(17)15-11-5-7-16-12(9-11)4-6-14-16/h4-7,9-10H,3,8H2,1-2H3,(H,15,17). The van der Waals surface area contributed by atoms with E-state index in [4.69, 9.17) is 0 Å². The van der Waals surface area contributed by atoms with Crippen LogP contribution in [-0.4, -0.2) is 15.5 Å². The van der Waals surface area contributed by atoms with Crippen molar-refractivity contribution >= 4 is 17.1 Å². The van der Waals surface area contributed by atoms with Crippen LogP contribution in [-0.2, 0) is 4.79 Å². The Labute approximate surface area is 101 Å². The van der Waals surface area contributed by atoms with Crippen LogP contribution in [0.3, 0.4) is 0 Å². The summed E-state index contributed by atoms with van der Waals surface area (Å²) in [6, 6.07) is 5.68. The van der Waals surface area contributed by atoms with Gasteiger partial charge in [-0.1, -0.05) is 20.3 Å². The molecule has 90 valence electrons. The topological polar surface area (TPSA) is 46.4 Å². The molecule has 0 aliphatic rings. The molecule has 0 aliphatic carbocycles. The molecule has 17 heavy (non-hydrogen) atoms. The van der Waals surface area contributed by atoms with Gasteiger partial charge in [-0.25, -0.2) is 4.52 Å². The Kier molecular flexibility index (Phi) is 3.42. The number of anilines is 1. The fourth-order valence-corrected chi connectivity index (χ4v) is 1.67. The Balaban J connectivity index is 2.05. The summed E-state index contributed by atoms with van der Waals surface area (Å²) in [4.78, 5) is 11.7. The number of rotatable bonds is 4. The SMILES string of the molecule is CCC(C)CC(=O)Nc1ccn2nccc2c1. The molecule has 1 N–H and O–H groups in total. The Morgan fingerprint density at radius 3 is 3.12 bits per heavy atom. The van der Waals surface area contributed by atoms with E-state index in [1.807, 2.05) is 24.4 Å². The van der Waals surface area contributed by atoms with Gasteiger partial charge in [-0.2, -0.15) is 5.10 Å². The van der Waals surface area contributed by atoms with Gasteiger partial charge in [0.1, 0.15) is 0 Å². The highest BCUT2D eigenvalue weighted by molar-refractivity contribution is 5.91. The summed E-state index contributed by atoms with van der Waals surface area (Å²) >= 11 is 0. The van der Waals surface area contributed by atoms with Crippen LogP contribution < -0.4 is 5.32 Å². The third kappa shape index (κ3) is 2.84. The van der Waals surface area contributed by atoms with Crippen LogP contribution in [0.2, 0.25) is 0 Å². The molecular formula is C13H17N3O. The van der Waals surface area contributed by atoms with E-state index < -0.39 is 0 Å². The molecule has 1 atom stereocenters. The van der Waals surface area contributed by atoms with E-state index in [1.165, 1.54) is 0 Å². The highest BCUT2D eigenvalue weighted by Gasteiger charge is 2.07. The normalized spacial score (nSPS) is 12.6. The van der Waals surface area contributed by atoms with Crippen molar-refractivity contribution in [1.82, 2.24) is 9.61 Å². The van der Waals surface area contributed by atoms with Crippen molar-refractivity contribution in [2.45, 2.75) is 26.7 Å². The quantitative estimate of drug-likeness (QED) is 0.879. The summed E-state index contributed by atoms with van der Waals surface area (Å²) in [7, 11) is 0. The van der Waals surface area contributed by atoms with Gasteiger partial charge in [0.2, 0.25) is 5.91 Å². The average molecular weight is 231 g/mol. The van der Waals surface area contributed by atoms with Crippen molar-refractivity contribution < 1.29 is 4.79 Å². The van der Waals surface area contributed by atoms with Crippen molar-refractivity contribution in [2.75, 3.05) is 5.32 Å². The smallest absolute Gasteiger partial charge is 0.224 e. The van der Waals surface area contributed by atoms with Gasteiger partial charge < -0.3 is 5.32 Å². The number of nitrogens with one attached hydrogen (secondary N) is 1. The van der Waals surface area contributed by atoms with E-state index in [0.717, 1.165) is 17.6 Å². The molecule has 0 spiro atoms. The zero-order valence-corrected chi connectivity index (χ0v) is 10.2. The highest BCUT2D eigenvalue weighted by atomic mass is 16.1. The van der Waals surface area contributed by atoms with Crippen LogP contribution in [0.4, 0.5) is 5.69 Å². The van der Waals surface area contributed by atoms with Gasteiger partial charge in [-0.3, -0.25) is 4.79 Å². The zero-order valence-electron chi connectivity index (χ0n) is 10.2. The van der Waals surface area contributed by atoms with Crippen LogP contribution in [0.25, 0.3) is 5.52 Å². The van der Waals surface area contributed by atoms with Gasteiger partial charge in [-0.15, -0.1) is 0 Å². The molecule has 2 heterocycles. The molecule has 2 aromatic heterocycles. The lowest BCUT2D eigenvalue weighted by Crippen LogP contribution is -2.14. The number of nitrogens with zero attached hydrogens (tertiary/aromatic N) is 2. The second-order valence-electron chi connectivity index (χ2n) is 4.38. The number of carbonyl (C=O) groups is 1. The number of fused-ring (bicyclic) bond motifs is 1. The lowest BCUT2D eigenvalue weighted by molar-refractivity contribution is -0.117. The van der Waals surface area contributed by atoms with E-state index in [2.05, 4.69) is 24.3 Å². The third-order valence-electron chi connectivity index (χ3n) is 2.91. The molecule has 0 fully saturated rings. The molecule has 4 heteroatoms. The Morgan fingerprint density at radius 2 is 2.35 bits per heavy atom. The minimum absolute atomic E-state index is 0.0724. The van der Waals surface area contributed by atoms with Crippen LogP contribution in [0.1, 0.15) is 26.7 Å². The molecule has 0 aromatic carbocycles. The summed E-state index contributed by atoms with van der Waals surface area (Å²) in [5.41, 5.74) is 1.80. The number of aromatic nitrogens is 2. The maximum atomic E-state index is 11.7. The molecule has 0 bridgehead atoms. The largest absolute Gasteiger partial charge is 0.326 e. The minimum Gasteiger partial charge on any atom is -0.326 e. The van der Waals surface area contributed by atoms with Crippen molar-refractivity contribution in [3.05, 3.63) is 30.6 Å². The van der Waals surface area contributed by atoms with Gasteiger partial charge in [0.05, 0.1) is 5.52 Å². The molecule has 1 amide bonds. The number of hydrogen-bond acceptors (Lipinski definition) is 2. The maximum absolute atomic E-state index is 11.7. The zero-order chi connectivity index (χ0) is 12.3. The fourth-order valence-electron chi connectivity index (χ4n) is 1.67. The minimum atomic E-state index is 0.0724. The second kappa shape index (κ2) is 4.99. The molecular weight excluding hydrogens is 214 g/mol. The van der Waals surface area contributed by atoms with E-state index in [-0.39, 0.29) is 5.91 Å². The third-order valence-corrected chi connectivity index (χ3v) is 2.91. The summed E-state index contributed by atoms with van der Waals surface area (Å²) in [6.45, 7) is 4.18. The Bertz CT molecular complexity index is 518. The molecule has 0 radical (unpaired) electrons. The predicted molar refractivity (Wildman–Crippen MR) is 67.9 cm³/mol. The first-order chi connectivity index (χ1) is 8.19. The van der Waals surface area contributed by atoms with Crippen LogP contribution >= 0.6 is 0 Å². The van der Waals surface area contributed by atoms with Crippen molar-refractivity contribution in [1.29, 1.82) is 0 Å². The van der Waals surface area contributed by atoms with Crippen molar-refractivity contribution in [3.8, 4) is 0 Å². The first kappa shape index (κ1) is 11.6. The molecule has 2 aromatic rings. The first-order valence-corrected chi connectivity index (χ1v) is 5.92. The lowest BCUT2D eigenvalue weighted by atomic mass is 10.1. The summed E-state index contributed by atoms with van der Waals surface area (Å²) in [5.74, 6) is 0.497. The number of amides is 1. The summed E-state index contributed by atoms with van der Waals surface area (Å²) in [5, 5.41) is 7.01. The Morgan fingerprint density at radius 1 is 1.53 bits per heavy atom. The molecule has 0 aliphatic heterocycles. The highest BCUT2D eigenvalue weighted by Crippen LogP contribution is 2.13. The number of carbonyl (C=O) groups excluding carboxylic acids is 1. The van der Waals surface area contributed by atoms with Crippen LogP contribution in [0.15, 0.2) is 30.6 Å². The monoisotopic (exact) mass is 231 g/mol. The van der Waals surface area contributed by atoms with Gasteiger partial charge in [0, 0.05) is 24.5 Å². The predicted octanol–water partition coefficient (Wildman–Crippen LogP) is 2.71. The second-order valence-corrected chi connectivity index (χ2v) is 4.38. The molecule has 0 saturated heterocycles. The average Bonchev–Trinajstić information content (AvgIpc) is 2.75. The van der Waals surface area contributed by atoms with Gasteiger partial charge in [-0.05, 0) is 24.1 Å². The van der Waals surface area contributed by atoms with Crippen LogP contribution in [0, 0.1) is 5.92 Å². The summed E-state index contributed by atoms with van der Waals surface area (Å²) in [6.07, 6.45) is 5.17. The number of pyridine rings is 1. The van der Waals surface area contributed by atoms with E-state index in [1.54, 1.807) is 10.7 Å². The maximum Gasteiger partial charge on any atom is 0.224 e. The van der Waals surface area contributed by atoms with Gasteiger partial charge in [0.15, 0.2) is 0 Å². The first-order valence-electron chi connectivity index (χ1n) is 5.92. The molecule has 2 rings (SSSR count).